The molecule has 3 aliphatic rings. The molecule has 0 saturated carbocycles. The maximum Gasteiger partial charge on any atom is 0.220 e. The second-order valence-electron chi connectivity index (χ2n) is 11.3. The molecule has 8 rings (SSSR count). The summed E-state index contributed by atoms with van der Waals surface area (Å²) in [5, 5.41) is 27.7. The van der Waals surface area contributed by atoms with Crippen molar-refractivity contribution in [2.75, 3.05) is 13.2 Å². The third kappa shape index (κ3) is 4.42. The minimum absolute atomic E-state index is 0.0150. The van der Waals surface area contributed by atoms with Gasteiger partial charge in [0.15, 0.2) is 0 Å². The van der Waals surface area contributed by atoms with E-state index in [0.29, 0.717) is 47.3 Å². The third-order valence-electron chi connectivity index (χ3n) is 8.65. The molecule has 0 radical (unpaired) electrons. The highest BCUT2D eigenvalue weighted by molar-refractivity contribution is 6.11. The van der Waals surface area contributed by atoms with Gasteiger partial charge in [0.2, 0.25) is 11.8 Å². The van der Waals surface area contributed by atoms with Gasteiger partial charge in [0.25, 0.3) is 0 Å². The van der Waals surface area contributed by atoms with Crippen molar-refractivity contribution in [1.29, 1.82) is 0 Å². The van der Waals surface area contributed by atoms with Gasteiger partial charge < -0.3 is 19.7 Å². The fourth-order valence-corrected chi connectivity index (χ4v) is 6.47. The van der Waals surface area contributed by atoms with E-state index in [0.717, 1.165) is 45.2 Å². The fraction of sp³-hybridized carbons (Fsp3) is 0.158. The molecule has 0 aromatic heterocycles. The van der Waals surface area contributed by atoms with Gasteiger partial charge in [-0.3, -0.25) is 0 Å². The molecule has 2 aliphatic heterocycles. The van der Waals surface area contributed by atoms with Crippen LogP contribution in [0.1, 0.15) is 47.2 Å². The molecular formula is C38H30N2O4. The summed E-state index contributed by atoms with van der Waals surface area (Å²) in [6.07, 6.45) is 6.02. The summed E-state index contributed by atoms with van der Waals surface area (Å²) in [6.45, 7) is 0.782. The smallest absolute Gasteiger partial charge is 0.220 e. The van der Waals surface area contributed by atoms with Gasteiger partial charge >= 0.3 is 0 Å². The quantitative estimate of drug-likeness (QED) is 0.256. The van der Waals surface area contributed by atoms with Crippen LogP contribution in [0.5, 0.6) is 11.5 Å². The van der Waals surface area contributed by atoms with E-state index in [-0.39, 0.29) is 23.6 Å². The molecule has 44 heavy (non-hydrogen) atoms. The summed E-state index contributed by atoms with van der Waals surface area (Å²) in [7, 11) is 0. The summed E-state index contributed by atoms with van der Waals surface area (Å²) >= 11 is 0. The van der Waals surface area contributed by atoms with Crippen LogP contribution in [0.3, 0.4) is 0 Å². The second-order valence-corrected chi connectivity index (χ2v) is 11.3. The number of nitrogens with zero attached hydrogens (tertiary/aromatic N) is 2. The highest BCUT2D eigenvalue weighted by atomic mass is 16.5. The van der Waals surface area contributed by atoms with Crippen molar-refractivity contribution >= 4 is 34.7 Å². The number of phenolic OH excluding ortho intramolecular Hbond substituents is 2. The van der Waals surface area contributed by atoms with E-state index >= 15 is 0 Å². The molecule has 6 nitrogen and oxygen atoms in total. The van der Waals surface area contributed by atoms with Crippen LogP contribution in [0.25, 0.3) is 34.1 Å². The Bertz CT molecular complexity index is 2100. The highest BCUT2D eigenvalue weighted by Crippen LogP contribution is 2.44. The largest absolute Gasteiger partial charge is 0.506 e. The zero-order chi connectivity index (χ0) is 29.6. The molecule has 2 atom stereocenters. The monoisotopic (exact) mass is 578 g/mol. The van der Waals surface area contributed by atoms with Crippen molar-refractivity contribution in [1.82, 2.24) is 0 Å². The molecule has 0 fully saturated rings. The summed E-state index contributed by atoms with van der Waals surface area (Å²) < 4.78 is 12.2. The number of fused-ring (bicyclic) bond motifs is 2. The Labute approximate surface area is 254 Å². The number of aliphatic imine (C=N–C) groups is 2. The Morgan fingerprint density at radius 1 is 0.591 bits per heavy atom. The van der Waals surface area contributed by atoms with Gasteiger partial charge in [-0.25, -0.2) is 9.98 Å². The number of rotatable bonds is 5. The highest BCUT2D eigenvalue weighted by Gasteiger charge is 2.30. The molecule has 5 aromatic carbocycles. The van der Waals surface area contributed by atoms with E-state index in [9.17, 15) is 10.2 Å². The molecule has 5 aromatic rings. The van der Waals surface area contributed by atoms with Crippen molar-refractivity contribution in [2.45, 2.75) is 24.9 Å². The lowest BCUT2D eigenvalue weighted by Gasteiger charge is -2.18. The van der Waals surface area contributed by atoms with Gasteiger partial charge in [0.1, 0.15) is 36.8 Å². The predicted octanol–water partition coefficient (Wildman–Crippen LogP) is 6.31. The SMILES string of the molecule is Oc1c(C2=N[C@H](c3ccccc3)CO2)cc2c(c1-c1c(O)c(C3=N[C@H](c4ccccc4)CO3)cc3ccccc13)=CCCC=2. The average molecular weight is 579 g/mol. The zero-order valence-electron chi connectivity index (χ0n) is 24.0. The van der Waals surface area contributed by atoms with Gasteiger partial charge in [-0.05, 0) is 57.3 Å². The Hall–Kier alpha value is -5.36. The molecule has 0 amide bonds. The normalized spacial score (nSPS) is 18.8. The van der Waals surface area contributed by atoms with Crippen LogP contribution in [0.15, 0.2) is 107 Å². The zero-order valence-corrected chi connectivity index (χ0v) is 24.0. The first-order chi connectivity index (χ1) is 21.7. The standard InChI is InChI=1S/C38H30N2O4/c41-35-29(37-39-31(21-43-37)23-11-3-1-4-12-23)19-25-15-7-9-17-27(25)33(35)34-28-18-10-8-16-26(28)20-30(36(34)42)38-40-32(22-44-38)24-13-5-2-6-14-24/h1-7,9,11-20,31-32,41-42H,8,10,21-22H2/t31-,32-/m0/s1. The Morgan fingerprint density at radius 2 is 1.14 bits per heavy atom. The van der Waals surface area contributed by atoms with Gasteiger partial charge in [-0.15, -0.1) is 0 Å². The van der Waals surface area contributed by atoms with Crippen molar-refractivity contribution in [2.24, 2.45) is 9.98 Å². The Morgan fingerprint density at radius 3 is 1.80 bits per heavy atom. The van der Waals surface area contributed by atoms with Crippen LogP contribution in [0.2, 0.25) is 0 Å². The topological polar surface area (TPSA) is 83.6 Å². The van der Waals surface area contributed by atoms with Crippen molar-refractivity contribution in [3.05, 3.63) is 130 Å². The summed E-state index contributed by atoms with van der Waals surface area (Å²) in [6, 6.07) is 31.5. The predicted molar refractivity (Wildman–Crippen MR) is 173 cm³/mol. The van der Waals surface area contributed by atoms with Crippen LogP contribution < -0.4 is 10.4 Å². The summed E-state index contributed by atoms with van der Waals surface area (Å²) in [4.78, 5) is 9.76. The molecule has 0 spiro atoms. The fourth-order valence-electron chi connectivity index (χ4n) is 6.47. The number of ether oxygens (including phenoxy) is 2. The molecule has 0 saturated heterocycles. The molecule has 2 N–H and O–H groups in total. The van der Waals surface area contributed by atoms with Crippen molar-refractivity contribution < 1.29 is 19.7 Å². The van der Waals surface area contributed by atoms with E-state index in [4.69, 9.17) is 19.5 Å². The minimum Gasteiger partial charge on any atom is -0.506 e. The number of benzene rings is 5. The van der Waals surface area contributed by atoms with Crippen LogP contribution in [-0.4, -0.2) is 35.2 Å². The number of aromatic hydroxyl groups is 2. The van der Waals surface area contributed by atoms with Crippen LogP contribution in [-0.2, 0) is 9.47 Å². The lowest BCUT2D eigenvalue weighted by Crippen LogP contribution is -2.30. The van der Waals surface area contributed by atoms with E-state index in [1.165, 1.54) is 0 Å². The maximum absolute atomic E-state index is 12.1. The lowest BCUT2D eigenvalue weighted by molar-refractivity contribution is 0.318. The van der Waals surface area contributed by atoms with Crippen LogP contribution in [0, 0.1) is 0 Å². The molecule has 216 valence electrons. The van der Waals surface area contributed by atoms with Crippen molar-refractivity contribution in [3.63, 3.8) is 0 Å². The molecule has 2 heterocycles. The Balaban J connectivity index is 1.34. The van der Waals surface area contributed by atoms with Gasteiger partial charge in [-0.1, -0.05) is 97.1 Å². The number of hydrogen-bond donors (Lipinski definition) is 2. The molecule has 1 aliphatic carbocycles. The molecule has 0 unspecified atom stereocenters. The van der Waals surface area contributed by atoms with E-state index in [2.05, 4.69) is 12.2 Å². The van der Waals surface area contributed by atoms with E-state index in [1.807, 2.05) is 97.1 Å². The van der Waals surface area contributed by atoms with Crippen molar-refractivity contribution in [3.8, 4) is 22.6 Å². The number of hydrogen-bond acceptors (Lipinski definition) is 6. The van der Waals surface area contributed by atoms with E-state index < -0.39 is 0 Å². The third-order valence-corrected chi connectivity index (χ3v) is 8.65. The average Bonchev–Trinajstić information content (AvgIpc) is 3.77. The molecular weight excluding hydrogens is 548 g/mol. The molecule has 6 heteroatoms. The summed E-state index contributed by atoms with van der Waals surface area (Å²) in [5.74, 6) is 0.823. The van der Waals surface area contributed by atoms with Crippen LogP contribution >= 0.6 is 0 Å². The number of phenols is 2. The second kappa shape index (κ2) is 10.7. The Kier molecular flexibility index (Phi) is 6.41. The van der Waals surface area contributed by atoms with Gasteiger partial charge in [-0.2, -0.15) is 0 Å². The van der Waals surface area contributed by atoms with Crippen LogP contribution in [0.4, 0.5) is 0 Å². The first-order valence-corrected chi connectivity index (χ1v) is 15.0. The van der Waals surface area contributed by atoms with Gasteiger partial charge in [0.05, 0.1) is 11.1 Å². The minimum atomic E-state index is -0.164. The lowest BCUT2D eigenvalue weighted by atomic mass is 9.89. The first kappa shape index (κ1) is 26.3. The van der Waals surface area contributed by atoms with E-state index in [1.54, 1.807) is 0 Å². The van der Waals surface area contributed by atoms with Gasteiger partial charge in [0, 0.05) is 11.1 Å². The maximum atomic E-state index is 12.1. The first-order valence-electron chi connectivity index (χ1n) is 15.0. The molecule has 0 bridgehead atoms. The summed E-state index contributed by atoms with van der Waals surface area (Å²) in [5.41, 5.74) is 4.20.